The monoisotopic (exact) mass is 637 g/mol. The van der Waals surface area contributed by atoms with Crippen LogP contribution in [0.1, 0.15) is 75.5 Å². The number of benzene rings is 2. The number of sulfonamides is 1. The Kier molecular flexibility index (Phi) is 10.6. The maximum atomic E-state index is 14.7. The number of nitrogens with zero attached hydrogens (tertiary/aromatic N) is 2. The fraction of sp³-hybridized carbons (Fsp3) is 0.548. The molecule has 1 saturated carbocycles. The molecule has 230 valence electrons. The number of aliphatic hydroxyl groups is 1. The largest absolute Gasteiger partial charge is 0.396 e. The van der Waals surface area contributed by atoms with E-state index in [1.54, 1.807) is 25.2 Å². The summed E-state index contributed by atoms with van der Waals surface area (Å²) < 4.78 is 27.7. The first-order chi connectivity index (χ1) is 19.9. The van der Waals surface area contributed by atoms with Gasteiger partial charge < -0.3 is 15.3 Å². The first-order valence-electron chi connectivity index (χ1n) is 14.6. The standard InChI is InChI=1S/C31H41Cl2N3O5S/c1-4-25(20-35(3)42(40,41)26-13-14-26)36-29(21-9-11-23(32)12-10-21)27(22-7-5-8-24(33)17-22)18-31(2,30(36)39)19-28(38)34-15-6-16-37/h5,7-12,17,25-27,29,37H,4,6,13-16,18-20H2,1-3H3,(H,34,38). The van der Waals surface area contributed by atoms with E-state index >= 15 is 0 Å². The van der Waals surface area contributed by atoms with Crippen LogP contribution in [-0.2, 0) is 19.6 Å². The number of hydrogen-bond acceptors (Lipinski definition) is 5. The van der Waals surface area contributed by atoms with Gasteiger partial charge in [0.2, 0.25) is 21.8 Å². The van der Waals surface area contributed by atoms with Gasteiger partial charge in [0.15, 0.2) is 0 Å². The van der Waals surface area contributed by atoms with Crippen LogP contribution in [0.25, 0.3) is 0 Å². The lowest BCUT2D eigenvalue weighted by Gasteiger charge is -2.52. The van der Waals surface area contributed by atoms with Crippen LogP contribution in [0.15, 0.2) is 48.5 Å². The maximum absolute atomic E-state index is 14.7. The molecule has 42 heavy (non-hydrogen) atoms. The van der Waals surface area contributed by atoms with Gasteiger partial charge >= 0.3 is 0 Å². The van der Waals surface area contributed by atoms with Gasteiger partial charge in [-0.2, -0.15) is 0 Å². The molecule has 2 N–H and O–H groups in total. The topological polar surface area (TPSA) is 107 Å². The molecule has 8 nitrogen and oxygen atoms in total. The number of rotatable bonds is 13. The van der Waals surface area contributed by atoms with E-state index in [9.17, 15) is 18.0 Å². The molecule has 1 heterocycles. The second kappa shape index (κ2) is 13.6. The molecule has 1 aliphatic heterocycles. The van der Waals surface area contributed by atoms with Crippen LogP contribution >= 0.6 is 23.2 Å². The van der Waals surface area contributed by atoms with Crippen LogP contribution in [0.3, 0.4) is 0 Å². The summed E-state index contributed by atoms with van der Waals surface area (Å²) in [5, 5.41) is 12.7. The van der Waals surface area contributed by atoms with Gasteiger partial charge in [-0.3, -0.25) is 9.59 Å². The molecule has 2 aliphatic rings. The van der Waals surface area contributed by atoms with Crippen molar-refractivity contribution in [1.82, 2.24) is 14.5 Å². The van der Waals surface area contributed by atoms with Crippen LogP contribution < -0.4 is 5.32 Å². The molecule has 2 aromatic carbocycles. The van der Waals surface area contributed by atoms with Gasteiger partial charge in [0, 0.05) is 55.2 Å². The third-order valence-corrected chi connectivity index (χ3v) is 11.3. The molecule has 2 amide bonds. The SMILES string of the molecule is CCC(CN(C)S(=O)(=O)C1CC1)N1C(=O)C(C)(CC(=O)NCCCO)CC(c2cccc(Cl)c2)C1c1ccc(Cl)cc1. The summed E-state index contributed by atoms with van der Waals surface area (Å²) in [5.41, 5.74) is 0.736. The summed E-state index contributed by atoms with van der Waals surface area (Å²) in [6.07, 6.45) is 2.59. The molecule has 2 fully saturated rings. The lowest BCUT2D eigenvalue weighted by molar-refractivity contribution is -0.157. The van der Waals surface area contributed by atoms with Crippen LogP contribution in [0.4, 0.5) is 0 Å². The number of piperidine rings is 1. The number of likely N-dealkylation sites (N-methyl/N-ethyl adjacent to an activating group) is 1. The average Bonchev–Trinajstić information content (AvgIpc) is 3.80. The van der Waals surface area contributed by atoms with Gasteiger partial charge in [-0.05, 0) is 67.5 Å². The van der Waals surface area contributed by atoms with Crippen LogP contribution in [0, 0.1) is 5.41 Å². The highest BCUT2D eigenvalue weighted by Crippen LogP contribution is 2.52. The predicted molar refractivity (Wildman–Crippen MR) is 166 cm³/mol. The van der Waals surface area contributed by atoms with Crippen molar-refractivity contribution in [2.45, 2.75) is 75.6 Å². The number of halogens is 2. The number of carbonyl (C=O) groups is 2. The number of hydrogen-bond donors (Lipinski definition) is 2. The quantitative estimate of drug-likeness (QED) is 0.296. The predicted octanol–water partition coefficient (Wildman–Crippen LogP) is 5.15. The molecule has 1 saturated heterocycles. The molecular formula is C31H41Cl2N3O5S. The Bertz CT molecular complexity index is 1370. The number of aliphatic hydroxyl groups excluding tert-OH is 1. The van der Waals surface area contributed by atoms with E-state index in [4.69, 9.17) is 28.3 Å². The molecule has 4 atom stereocenters. The van der Waals surface area contributed by atoms with E-state index in [0.717, 1.165) is 11.1 Å². The Morgan fingerprint density at radius 3 is 2.43 bits per heavy atom. The maximum Gasteiger partial charge on any atom is 0.229 e. The second-order valence-electron chi connectivity index (χ2n) is 11.8. The fourth-order valence-electron chi connectivity index (χ4n) is 6.11. The highest BCUT2D eigenvalue weighted by Gasteiger charge is 2.52. The van der Waals surface area contributed by atoms with Gasteiger partial charge in [-0.1, -0.05) is 61.3 Å². The first kappa shape index (κ1) is 32.7. The summed E-state index contributed by atoms with van der Waals surface area (Å²) in [6, 6.07) is 14.1. The fourth-order valence-corrected chi connectivity index (χ4v) is 8.05. The Morgan fingerprint density at radius 2 is 1.83 bits per heavy atom. The van der Waals surface area contributed by atoms with Crippen molar-refractivity contribution in [2.75, 3.05) is 26.7 Å². The van der Waals surface area contributed by atoms with Crippen LogP contribution in [-0.4, -0.2) is 72.6 Å². The van der Waals surface area contributed by atoms with E-state index in [0.29, 0.717) is 48.7 Å². The smallest absolute Gasteiger partial charge is 0.229 e. The van der Waals surface area contributed by atoms with Crippen molar-refractivity contribution < 1.29 is 23.1 Å². The minimum atomic E-state index is -3.47. The Balaban J connectivity index is 1.81. The molecule has 4 rings (SSSR count). The Morgan fingerprint density at radius 1 is 1.14 bits per heavy atom. The second-order valence-corrected chi connectivity index (χ2v) is 15.0. The summed E-state index contributed by atoms with van der Waals surface area (Å²) >= 11 is 12.7. The number of nitrogens with one attached hydrogen (secondary N) is 1. The lowest BCUT2D eigenvalue weighted by atomic mass is 9.67. The lowest BCUT2D eigenvalue weighted by Crippen LogP contribution is -2.58. The summed E-state index contributed by atoms with van der Waals surface area (Å²) in [5.74, 6) is -0.699. The van der Waals surface area contributed by atoms with Crippen molar-refractivity contribution in [3.05, 3.63) is 69.7 Å². The van der Waals surface area contributed by atoms with Gasteiger partial charge in [0.05, 0.1) is 16.7 Å². The third-order valence-electron chi connectivity index (χ3n) is 8.51. The zero-order valence-electron chi connectivity index (χ0n) is 24.4. The molecule has 0 aromatic heterocycles. The van der Waals surface area contributed by atoms with E-state index in [1.807, 2.05) is 49.1 Å². The van der Waals surface area contributed by atoms with Crippen LogP contribution in [0.5, 0.6) is 0 Å². The number of carbonyl (C=O) groups excluding carboxylic acids is 2. The molecular weight excluding hydrogens is 597 g/mol. The molecule has 11 heteroatoms. The summed E-state index contributed by atoms with van der Waals surface area (Å²) in [4.78, 5) is 29.6. The van der Waals surface area contributed by atoms with E-state index in [-0.39, 0.29) is 42.6 Å². The van der Waals surface area contributed by atoms with Gasteiger partial charge in [0.1, 0.15) is 0 Å². The van der Waals surface area contributed by atoms with Crippen molar-refractivity contribution >= 4 is 45.0 Å². The molecule has 4 unspecified atom stereocenters. The van der Waals surface area contributed by atoms with Crippen molar-refractivity contribution in [3.8, 4) is 0 Å². The van der Waals surface area contributed by atoms with Crippen molar-refractivity contribution in [3.63, 3.8) is 0 Å². The minimum absolute atomic E-state index is 0.0369. The van der Waals surface area contributed by atoms with E-state index in [1.165, 1.54) is 4.31 Å². The summed E-state index contributed by atoms with van der Waals surface area (Å²) in [7, 11) is -1.88. The molecule has 0 bridgehead atoms. The van der Waals surface area contributed by atoms with E-state index < -0.39 is 27.5 Å². The third kappa shape index (κ3) is 7.30. The molecule has 2 aromatic rings. The number of amides is 2. The Hall–Kier alpha value is -2.17. The highest BCUT2D eigenvalue weighted by atomic mass is 35.5. The van der Waals surface area contributed by atoms with Crippen LogP contribution in [0.2, 0.25) is 10.0 Å². The normalized spacial score (nSPS) is 23.7. The number of likely N-dealkylation sites (tertiary alicyclic amines) is 1. The summed E-state index contributed by atoms with van der Waals surface area (Å²) in [6.45, 7) is 4.19. The average molecular weight is 639 g/mol. The first-order valence-corrected chi connectivity index (χ1v) is 16.8. The van der Waals surface area contributed by atoms with Gasteiger partial charge in [-0.15, -0.1) is 0 Å². The molecule has 0 radical (unpaired) electrons. The molecule has 0 spiro atoms. The zero-order chi connectivity index (χ0) is 30.7. The van der Waals surface area contributed by atoms with E-state index in [2.05, 4.69) is 5.32 Å². The highest BCUT2D eigenvalue weighted by molar-refractivity contribution is 7.90. The van der Waals surface area contributed by atoms with Gasteiger partial charge in [0.25, 0.3) is 0 Å². The Labute approximate surface area is 259 Å². The van der Waals surface area contributed by atoms with Crippen molar-refractivity contribution in [2.24, 2.45) is 5.41 Å². The van der Waals surface area contributed by atoms with Gasteiger partial charge in [-0.25, -0.2) is 12.7 Å². The molecule has 1 aliphatic carbocycles. The van der Waals surface area contributed by atoms with Crippen molar-refractivity contribution in [1.29, 1.82) is 0 Å². The minimum Gasteiger partial charge on any atom is -0.396 e. The zero-order valence-corrected chi connectivity index (χ0v) is 26.8.